The first-order valence-electron chi connectivity index (χ1n) is 7.41. The van der Waals surface area contributed by atoms with Crippen LogP contribution in [-0.4, -0.2) is 44.7 Å². The molecule has 1 atom stereocenters. The van der Waals surface area contributed by atoms with Crippen LogP contribution in [0, 0.1) is 0 Å². The van der Waals surface area contributed by atoms with Crippen LogP contribution in [0.1, 0.15) is 30.9 Å². The minimum absolute atomic E-state index is 0.160. The van der Waals surface area contributed by atoms with Gasteiger partial charge in [0.15, 0.2) is 0 Å². The van der Waals surface area contributed by atoms with E-state index in [0.717, 1.165) is 13.1 Å². The molecule has 1 aromatic rings. The predicted octanol–water partition coefficient (Wildman–Crippen LogP) is 2.45. The highest BCUT2D eigenvalue weighted by atomic mass is 16.5. The standard InChI is InChI=1S/C16H26N2O/c1-19-16(15-8-3-2-4-9-15)14-17-10-7-13-18-11-5-6-12-18/h2-4,8-9,16-17H,5-7,10-14H2,1H3. The fourth-order valence-corrected chi connectivity index (χ4v) is 2.67. The van der Waals surface area contributed by atoms with Gasteiger partial charge < -0.3 is 15.0 Å². The SMILES string of the molecule is COC(CNCCCN1CCCC1)c1ccccc1. The van der Waals surface area contributed by atoms with Crippen molar-refractivity contribution >= 4 is 0 Å². The number of nitrogens with zero attached hydrogens (tertiary/aromatic N) is 1. The normalized spacial score (nSPS) is 17.7. The van der Waals surface area contributed by atoms with Gasteiger partial charge in [-0.25, -0.2) is 0 Å². The maximum absolute atomic E-state index is 5.54. The van der Waals surface area contributed by atoms with Crippen molar-refractivity contribution in [3.8, 4) is 0 Å². The van der Waals surface area contributed by atoms with Crippen LogP contribution in [0.4, 0.5) is 0 Å². The van der Waals surface area contributed by atoms with Gasteiger partial charge in [0.2, 0.25) is 0 Å². The molecule has 19 heavy (non-hydrogen) atoms. The van der Waals surface area contributed by atoms with Crippen molar-refractivity contribution < 1.29 is 4.74 Å². The Labute approximate surface area is 116 Å². The summed E-state index contributed by atoms with van der Waals surface area (Å²) in [7, 11) is 1.78. The third kappa shape index (κ3) is 4.94. The molecule has 0 bridgehead atoms. The molecule has 1 fully saturated rings. The lowest BCUT2D eigenvalue weighted by Crippen LogP contribution is -2.27. The number of ether oxygens (including phenoxy) is 1. The summed E-state index contributed by atoms with van der Waals surface area (Å²) >= 11 is 0. The van der Waals surface area contributed by atoms with E-state index in [1.165, 1.54) is 44.5 Å². The first-order chi connectivity index (χ1) is 9.40. The molecule has 0 amide bonds. The molecule has 1 N–H and O–H groups in total. The van der Waals surface area contributed by atoms with E-state index in [1.54, 1.807) is 7.11 Å². The van der Waals surface area contributed by atoms with Gasteiger partial charge >= 0.3 is 0 Å². The number of hydrogen-bond donors (Lipinski definition) is 1. The van der Waals surface area contributed by atoms with Crippen LogP contribution in [0.15, 0.2) is 30.3 Å². The van der Waals surface area contributed by atoms with E-state index >= 15 is 0 Å². The number of benzene rings is 1. The Morgan fingerprint density at radius 2 is 1.95 bits per heavy atom. The molecular formula is C16H26N2O. The number of hydrogen-bond acceptors (Lipinski definition) is 3. The van der Waals surface area contributed by atoms with Gasteiger partial charge in [0.1, 0.15) is 0 Å². The number of methoxy groups -OCH3 is 1. The van der Waals surface area contributed by atoms with Crippen molar-refractivity contribution in [2.45, 2.75) is 25.4 Å². The van der Waals surface area contributed by atoms with Crippen LogP contribution < -0.4 is 5.32 Å². The lowest BCUT2D eigenvalue weighted by atomic mass is 10.1. The van der Waals surface area contributed by atoms with Gasteiger partial charge in [-0.05, 0) is 51.0 Å². The molecule has 1 aliphatic heterocycles. The van der Waals surface area contributed by atoms with E-state index in [-0.39, 0.29) is 6.10 Å². The van der Waals surface area contributed by atoms with Crippen molar-refractivity contribution in [1.29, 1.82) is 0 Å². The maximum Gasteiger partial charge on any atom is 0.0945 e. The molecule has 3 heteroatoms. The van der Waals surface area contributed by atoms with Gasteiger partial charge in [0.25, 0.3) is 0 Å². The monoisotopic (exact) mass is 262 g/mol. The van der Waals surface area contributed by atoms with Crippen LogP contribution in [0.3, 0.4) is 0 Å². The number of rotatable bonds is 8. The minimum atomic E-state index is 0.160. The van der Waals surface area contributed by atoms with Crippen molar-refractivity contribution in [3.63, 3.8) is 0 Å². The first-order valence-corrected chi connectivity index (χ1v) is 7.41. The maximum atomic E-state index is 5.54. The Bertz CT molecular complexity index is 336. The van der Waals surface area contributed by atoms with Crippen molar-refractivity contribution in [2.24, 2.45) is 0 Å². The van der Waals surface area contributed by atoms with Crippen molar-refractivity contribution in [2.75, 3.05) is 39.8 Å². The summed E-state index contributed by atoms with van der Waals surface area (Å²) in [5.74, 6) is 0. The topological polar surface area (TPSA) is 24.5 Å². The summed E-state index contributed by atoms with van der Waals surface area (Å²) < 4.78 is 5.54. The average molecular weight is 262 g/mol. The number of likely N-dealkylation sites (tertiary alicyclic amines) is 1. The van der Waals surface area contributed by atoms with Gasteiger partial charge in [0.05, 0.1) is 6.10 Å². The van der Waals surface area contributed by atoms with Gasteiger partial charge in [-0.3, -0.25) is 0 Å². The molecule has 3 nitrogen and oxygen atoms in total. The molecule has 0 spiro atoms. The molecule has 0 aliphatic carbocycles. The van der Waals surface area contributed by atoms with Gasteiger partial charge in [-0.2, -0.15) is 0 Å². The van der Waals surface area contributed by atoms with E-state index < -0.39 is 0 Å². The van der Waals surface area contributed by atoms with Crippen molar-refractivity contribution in [1.82, 2.24) is 10.2 Å². The van der Waals surface area contributed by atoms with Crippen molar-refractivity contribution in [3.05, 3.63) is 35.9 Å². The van der Waals surface area contributed by atoms with E-state index in [1.807, 2.05) is 6.07 Å². The fraction of sp³-hybridized carbons (Fsp3) is 0.625. The Morgan fingerprint density at radius 1 is 1.21 bits per heavy atom. The second kappa shape index (κ2) is 8.31. The van der Waals surface area contributed by atoms with Gasteiger partial charge in [-0.1, -0.05) is 30.3 Å². The Hall–Kier alpha value is -0.900. The van der Waals surface area contributed by atoms with Gasteiger partial charge in [0, 0.05) is 13.7 Å². The van der Waals surface area contributed by atoms with E-state index in [9.17, 15) is 0 Å². The van der Waals surface area contributed by atoms with Crippen LogP contribution >= 0.6 is 0 Å². The zero-order chi connectivity index (χ0) is 13.3. The summed E-state index contributed by atoms with van der Waals surface area (Å²) in [4.78, 5) is 2.56. The zero-order valence-electron chi connectivity index (χ0n) is 12.0. The molecule has 1 unspecified atom stereocenters. The van der Waals surface area contributed by atoms with E-state index in [4.69, 9.17) is 4.74 Å². The molecule has 0 radical (unpaired) electrons. The lowest BCUT2D eigenvalue weighted by molar-refractivity contribution is 0.102. The minimum Gasteiger partial charge on any atom is -0.375 e. The second-order valence-electron chi connectivity index (χ2n) is 5.24. The van der Waals surface area contributed by atoms with Crippen LogP contribution in [-0.2, 0) is 4.74 Å². The summed E-state index contributed by atoms with van der Waals surface area (Å²) in [5, 5.41) is 3.51. The molecule has 1 saturated heterocycles. The summed E-state index contributed by atoms with van der Waals surface area (Å²) in [6.45, 7) is 5.79. The zero-order valence-corrected chi connectivity index (χ0v) is 12.0. The molecule has 1 aromatic carbocycles. The summed E-state index contributed by atoms with van der Waals surface area (Å²) in [6.07, 6.45) is 4.15. The van der Waals surface area contributed by atoms with Crippen LogP contribution in [0.2, 0.25) is 0 Å². The molecule has 0 aromatic heterocycles. The summed E-state index contributed by atoms with van der Waals surface area (Å²) in [5.41, 5.74) is 1.25. The Balaban J connectivity index is 1.61. The molecule has 1 heterocycles. The molecular weight excluding hydrogens is 236 g/mol. The Morgan fingerprint density at radius 3 is 2.63 bits per heavy atom. The summed E-state index contributed by atoms with van der Waals surface area (Å²) in [6, 6.07) is 10.4. The van der Waals surface area contributed by atoms with E-state index in [2.05, 4.69) is 34.5 Å². The molecule has 0 saturated carbocycles. The smallest absolute Gasteiger partial charge is 0.0945 e. The third-order valence-electron chi connectivity index (χ3n) is 3.81. The second-order valence-corrected chi connectivity index (χ2v) is 5.24. The Kier molecular flexibility index (Phi) is 6.34. The highest BCUT2D eigenvalue weighted by Crippen LogP contribution is 2.14. The molecule has 106 valence electrons. The third-order valence-corrected chi connectivity index (χ3v) is 3.81. The fourth-order valence-electron chi connectivity index (χ4n) is 2.67. The quantitative estimate of drug-likeness (QED) is 0.728. The number of nitrogens with one attached hydrogen (secondary N) is 1. The highest BCUT2D eigenvalue weighted by molar-refractivity contribution is 5.17. The van der Waals surface area contributed by atoms with Crippen LogP contribution in [0.25, 0.3) is 0 Å². The largest absolute Gasteiger partial charge is 0.375 e. The first kappa shape index (κ1) is 14.5. The highest BCUT2D eigenvalue weighted by Gasteiger charge is 2.11. The van der Waals surface area contributed by atoms with E-state index in [0.29, 0.717) is 0 Å². The molecule has 2 rings (SSSR count). The predicted molar refractivity (Wildman–Crippen MR) is 79.4 cm³/mol. The van der Waals surface area contributed by atoms with Gasteiger partial charge in [-0.15, -0.1) is 0 Å². The molecule has 1 aliphatic rings. The lowest BCUT2D eigenvalue weighted by Gasteiger charge is -2.18. The average Bonchev–Trinajstić information content (AvgIpc) is 2.97. The van der Waals surface area contributed by atoms with Crippen LogP contribution in [0.5, 0.6) is 0 Å².